The highest BCUT2D eigenvalue weighted by Gasteiger charge is 2.37. The van der Waals surface area contributed by atoms with Crippen molar-refractivity contribution in [3.8, 4) is 11.5 Å². The Bertz CT molecular complexity index is 850. The van der Waals surface area contributed by atoms with Crippen LogP contribution in [0.4, 0.5) is 4.79 Å². The van der Waals surface area contributed by atoms with E-state index in [4.69, 9.17) is 9.47 Å². The zero-order valence-corrected chi connectivity index (χ0v) is 16.8. The number of carbonyl (C=O) groups excluding carboxylic acids is 3. The van der Waals surface area contributed by atoms with Gasteiger partial charge in [-0.15, -0.1) is 0 Å². The zero-order valence-electron chi connectivity index (χ0n) is 14.4. The number of hydrogen-bond donors (Lipinski definition) is 0. The number of carbonyl (C=O) groups is 3. The molecule has 0 saturated carbocycles. The highest BCUT2D eigenvalue weighted by Crippen LogP contribution is 2.39. The monoisotopic (exact) mass is 452 g/mol. The lowest BCUT2D eigenvalue weighted by atomic mass is 10.1. The van der Waals surface area contributed by atoms with Gasteiger partial charge in [0.2, 0.25) is 12.7 Å². The van der Waals surface area contributed by atoms with Gasteiger partial charge in [-0.3, -0.25) is 19.3 Å². The van der Waals surface area contributed by atoms with E-state index in [2.05, 4.69) is 15.9 Å². The van der Waals surface area contributed by atoms with E-state index < -0.39 is 11.1 Å². The summed E-state index contributed by atoms with van der Waals surface area (Å²) in [6.45, 7) is 1.33. The Morgan fingerprint density at radius 2 is 1.85 bits per heavy atom. The Labute approximate surface area is 168 Å². The summed E-state index contributed by atoms with van der Waals surface area (Å²) < 4.78 is 11.4. The first-order chi connectivity index (χ1) is 13.0. The number of imide groups is 1. The number of hydrogen-bond acceptors (Lipinski definition) is 6. The maximum Gasteiger partial charge on any atom is 0.294 e. The van der Waals surface area contributed by atoms with E-state index in [1.165, 1.54) is 0 Å². The van der Waals surface area contributed by atoms with E-state index in [0.29, 0.717) is 30.2 Å². The summed E-state index contributed by atoms with van der Waals surface area (Å²) in [7, 11) is 0. The van der Waals surface area contributed by atoms with Crippen LogP contribution in [0.25, 0.3) is 6.08 Å². The summed E-state index contributed by atoms with van der Waals surface area (Å²) in [6, 6.07) is 3.51. The molecule has 0 bridgehead atoms. The smallest absolute Gasteiger partial charge is 0.294 e. The van der Waals surface area contributed by atoms with Crippen LogP contribution in [0.3, 0.4) is 0 Å². The number of ether oxygens (including phenoxy) is 2. The van der Waals surface area contributed by atoms with Gasteiger partial charge in [0.25, 0.3) is 11.1 Å². The summed E-state index contributed by atoms with van der Waals surface area (Å²) in [6.07, 6.45) is 4.66. The molecule has 3 heterocycles. The van der Waals surface area contributed by atoms with Gasteiger partial charge in [0.1, 0.15) is 6.54 Å². The van der Waals surface area contributed by atoms with Gasteiger partial charge in [-0.1, -0.05) is 15.9 Å². The highest BCUT2D eigenvalue weighted by molar-refractivity contribution is 9.10. The van der Waals surface area contributed by atoms with Gasteiger partial charge in [0.05, 0.1) is 4.91 Å². The normalized spacial score (nSPS) is 20.7. The molecule has 0 unspecified atom stereocenters. The van der Waals surface area contributed by atoms with Gasteiger partial charge in [-0.25, -0.2) is 0 Å². The molecule has 0 radical (unpaired) electrons. The number of rotatable bonds is 3. The maximum atomic E-state index is 12.7. The lowest BCUT2D eigenvalue weighted by Gasteiger charge is -2.27. The van der Waals surface area contributed by atoms with Gasteiger partial charge in [0, 0.05) is 17.6 Å². The van der Waals surface area contributed by atoms with Crippen molar-refractivity contribution >= 4 is 50.8 Å². The number of nitrogens with zero attached hydrogens (tertiary/aromatic N) is 2. The predicted molar refractivity (Wildman–Crippen MR) is 103 cm³/mol. The van der Waals surface area contributed by atoms with Gasteiger partial charge < -0.3 is 14.4 Å². The van der Waals surface area contributed by atoms with Crippen LogP contribution >= 0.6 is 27.7 Å². The van der Waals surface area contributed by atoms with Crippen LogP contribution in [0.15, 0.2) is 21.5 Å². The number of fused-ring (bicyclic) bond motifs is 1. The molecule has 2 fully saturated rings. The van der Waals surface area contributed by atoms with Crippen molar-refractivity contribution in [2.24, 2.45) is 0 Å². The number of thioether (sulfide) groups is 1. The Hall–Kier alpha value is -2.00. The minimum atomic E-state index is -0.445. The fraction of sp³-hybridized carbons (Fsp3) is 0.389. The van der Waals surface area contributed by atoms with Crippen molar-refractivity contribution in [1.29, 1.82) is 0 Å². The van der Waals surface area contributed by atoms with Crippen molar-refractivity contribution in [2.75, 3.05) is 26.4 Å². The summed E-state index contributed by atoms with van der Waals surface area (Å²) >= 11 is 4.28. The fourth-order valence-corrected chi connectivity index (χ4v) is 4.47. The van der Waals surface area contributed by atoms with E-state index in [9.17, 15) is 14.4 Å². The molecule has 9 heteroatoms. The third-order valence-corrected chi connectivity index (χ3v) is 6.25. The van der Waals surface area contributed by atoms with E-state index in [1.807, 2.05) is 0 Å². The van der Waals surface area contributed by atoms with Crippen molar-refractivity contribution in [3.63, 3.8) is 0 Å². The van der Waals surface area contributed by atoms with Crippen LogP contribution in [0.5, 0.6) is 11.5 Å². The van der Waals surface area contributed by atoms with E-state index in [1.54, 1.807) is 23.1 Å². The minimum Gasteiger partial charge on any atom is -0.454 e. The molecule has 0 atom stereocenters. The quantitative estimate of drug-likeness (QED) is 0.655. The molecule has 3 aliphatic rings. The van der Waals surface area contributed by atoms with Crippen LogP contribution < -0.4 is 9.47 Å². The van der Waals surface area contributed by atoms with Gasteiger partial charge in [-0.05, 0) is 54.8 Å². The topological polar surface area (TPSA) is 76.1 Å². The van der Waals surface area contributed by atoms with Crippen LogP contribution in [0.1, 0.15) is 24.8 Å². The molecule has 1 aromatic rings. The van der Waals surface area contributed by atoms with Crippen molar-refractivity contribution in [1.82, 2.24) is 9.80 Å². The van der Waals surface area contributed by atoms with Gasteiger partial charge in [-0.2, -0.15) is 0 Å². The Morgan fingerprint density at radius 3 is 2.59 bits per heavy atom. The summed E-state index contributed by atoms with van der Waals surface area (Å²) in [5.41, 5.74) is 0.701. The molecule has 0 spiro atoms. The standard InChI is InChI=1S/C18H17BrN2O5S/c19-12-8-14-13(25-10-26-14)6-11(12)7-15-17(23)21(18(24)27-15)9-16(22)20-4-2-1-3-5-20/h6-8H,1-5,9-10H2/b15-7+. The SMILES string of the molecule is O=C(CN1C(=O)S/C(=C/c2cc3c(cc2Br)OCO3)C1=O)N1CCCCC1. The fourth-order valence-electron chi connectivity index (χ4n) is 3.20. The first kappa shape index (κ1) is 18.4. The Balaban J connectivity index is 1.51. The second kappa shape index (κ2) is 7.55. The molecule has 0 aliphatic carbocycles. The lowest BCUT2D eigenvalue weighted by Crippen LogP contribution is -2.44. The molecule has 4 rings (SSSR count). The Kier molecular flexibility index (Phi) is 5.14. The minimum absolute atomic E-state index is 0.153. The lowest BCUT2D eigenvalue weighted by molar-refractivity contribution is -0.136. The number of amides is 3. The molecule has 142 valence electrons. The molecule has 0 aromatic heterocycles. The number of benzene rings is 1. The average molecular weight is 453 g/mol. The zero-order chi connectivity index (χ0) is 19.0. The summed E-state index contributed by atoms with van der Waals surface area (Å²) in [4.78, 5) is 40.4. The molecule has 3 aliphatic heterocycles. The number of halogens is 1. The van der Waals surface area contributed by atoms with Crippen molar-refractivity contribution in [2.45, 2.75) is 19.3 Å². The molecule has 0 N–H and O–H groups in total. The van der Waals surface area contributed by atoms with E-state index >= 15 is 0 Å². The maximum absolute atomic E-state index is 12.7. The molecular formula is C18H17BrN2O5S. The second-order valence-electron chi connectivity index (χ2n) is 6.44. The first-order valence-corrected chi connectivity index (χ1v) is 10.3. The van der Waals surface area contributed by atoms with Gasteiger partial charge >= 0.3 is 0 Å². The van der Waals surface area contributed by atoms with Crippen LogP contribution in [-0.4, -0.2) is 53.3 Å². The average Bonchev–Trinajstić information content (AvgIpc) is 3.22. The van der Waals surface area contributed by atoms with Crippen LogP contribution in [0, 0.1) is 0 Å². The molecule has 1 aromatic carbocycles. The third kappa shape index (κ3) is 3.70. The Morgan fingerprint density at radius 1 is 1.15 bits per heavy atom. The predicted octanol–water partition coefficient (Wildman–Crippen LogP) is 3.23. The van der Waals surface area contributed by atoms with Crippen molar-refractivity contribution < 1.29 is 23.9 Å². The third-order valence-electron chi connectivity index (χ3n) is 4.65. The summed E-state index contributed by atoms with van der Waals surface area (Å²) in [5.74, 6) is 0.589. The molecule has 2 saturated heterocycles. The van der Waals surface area contributed by atoms with Crippen LogP contribution in [0.2, 0.25) is 0 Å². The molecular weight excluding hydrogens is 436 g/mol. The second-order valence-corrected chi connectivity index (χ2v) is 8.28. The van der Waals surface area contributed by atoms with Crippen LogP contribution in [-0.2, 0) is 9.59 Å². The number of likely N-dealkylation sites (tertiary alicyclic amines) is 1. The molecule has 27 heavy (non-hydrogen) atoms. The number of piperidine rings is 1. The largest absolute Gasteiger partial charge is 0.454 e. The first-order valence-electron chi connectivity index (χ1n) is 8.65. The van der Waals surface area contributed by atoms with Gasteiger partial charge in [0.15, 0.2) is 11.5 Å². The molecule has 3 amide bonds. The molecule has 7 nitrogen and oxygen atoms in total. The van der Waals surface area contributed by atoms with Crippen molar-refractivity contribution in [3.05, 3.63) is 27.1 Å². The van der Waals surface area contributed by atoms with E-state index in [-0.39, 0.29) is 24.2 Å². The highest BCUT2D eigenvalue weighted by atomic mass is 79.9. The summed E-state index contributed by atoms with van der Waals surface area (Å²) in [5, 5.41) is -0.423. The van der Waals surface area contributed by atoms with E-state index in [0.717, 1.165) is 40.4 Å².